The molecule has 0 atom stereocenters. The number of nitrogens with zero attached hydrogens (tertiary/aromatic N) is 4. The standard InChI is InChI=1S/C14H14F2N4O2/c1-19-12(13(15)16)11(17-18-19)7-20-5-9-3-2-8(14(21)22)4-10(9)6-20/h2-4,13H,5-7H2,1H3,(H,21,22). The fourth-order valence-electron chi connectivity index (χ4n) is 2.71. The molecule has 3 rings (SSSR count). The first-order chi connectivity index (χ1) is 10.5. The average Bonchev–Trinajstić information content (AvgIpc) is 3.01. The highest BCUT2D eigenvalue weighted by Gasteiger charge is 2.25. The van der Waals surface area contributed by atoms with Crippen LogP contribution in [-0.2, 0) is 26.7 Å². The number of hydrogen-bond acceptors (Lipinski definition) is 4. The summed E-state index contributed by atoms with van der Waals surface area (Å²) in [5.74, 6) is -0.977. The summed E-state index contributed by atoms with van der Waals surface area (Å²) in [5.41, 5.74) is 2.22. The fourth-order valence-corrected chi connectivity index (χ4v) is 2.71. The third-order valence-electron chi connectivity index (χ3n) is 3.77. The summed E-state index contributed by atoms with van der Waals surface area (Å²) in [5, 5.41) is 16.5. The van der Waals surface area contributed by atoms with Gasteiger partial charge in [0, 0.05) is 26.7 Å². The second-order valence-electron chi connectivity index (χ2n) is 5.28. The Labute approximate surface area is 125 Å². The van der Waals surface area contributed by atoms with Crippen molar-refractivity contribution in [1.29, 1.82) is 0 Å². The Morgan fingerprint density at radius 3 is 2.77 bits per heavy atom. The SMILES string of the molecule is Cn1nnc(CN2Cc3ccc(C(=O)O)cc3C2)c1C(F)F. The molecule has 0 unspecified atom stereocenters. The predicted octanol–water partition coefficient (Wildman–Crippen LogP) is 1.97. The molecule has 0 bridgehead atoms. The highest BCUT2D eigenvalue weighted by Crippen LogP contribution is 2.27. The van der Waals surface area contributed by atoms with E-state index in [0.29, 0.717) is 13.1 Å². The van der Waals surface area contributed by atoms with Gasteiger partial charge in [-0.1, -0.05) is 11.3 Å². The first kappa shape index (κ1) is 14.6. The number of hydrogen-bond donors (Lipinski definition) is 1. The van der Waals surface area contributed by atoms with E-state index in [0.717, 1.165) is 15.8 Å². The Hall–Kier alpha value is -2.35. The average molecular weight is 308 g/mol. The smallest absolute Gasteiger partial charge is 0.335 e. The molecule has 0 aliphatic carbocycles. The van der Waals surface area contributed by atoms with Crippen LogP contribution >= 0.6 is 0 Å². The number of alkyl halides is 2. The van der Waals surface area contributed by atoms with Crippen molar-refractivity contribution < 1.29 is 18.7 Å². The molecule has 1 aromatic heterocycles. The highest BCUT2D eigenvalue weighted by atomic mass is 19.3. The van der Waals surface area contributed by atoms with Gasteiger partial charge in [0.15, 0.2) is 0 Å². The van der Waals surface area contributed by atoms with E-state index in [9.17, 15) is 13.6 Å². The zero-order chi connectivity index (χ0) is 15.9. The molecule has 1 aromatic carbocycles. The summed E-state index contributed by atoms with van der Waals surface area (Å²) in [7, 11) is 1.44. The Balaban J connectivity index is 1.78. The van der Waals surface area contributed by atoms with Gasteiger partial charge in [-0.05, 0) is 23.3 Å². The van der Waals surface area contributed by atoms with Crippen LogP contribution in [0.25, 0.3) is 0 Å². The monoisotopic (exact) mass is 308 g/mol. The highest BCUT2D eigenvalue weighted by molar-refractivity contribution is 5.87. The van der Waals surface area contributed by atoms with Gasteiger partial charge >= 0.3 is 5.97 Å². The van der Waals surface area contributed by atoms with Gasteiger partial charge < -0.3 is 5.11 Å². The number of fused-ring (bicyclic) bond motifs is 1. The molecule has 2 heterocycles. The van der Waals surface area contributed by atoms with E-state index in [1.807, 2.05) is 4.90 Å². The lowest BCUT2D eigenvalue weighted by Gasteiger charge is -2.13. The summed E-state index contributed by atoms with van der Waals surface area (Å²) in [6, 6.07) is 4.95. The van der Waals surface area contributed by atoms with Gasteiger partial charge in [0.05, 0.1) is 5.56 Å². The number of rotatable bonds is 4. The molecule has 0 fully saturated rings. The summed E-state index contributed by atoms with van der Waals surface area (Å²) >= 11 is 0. The number of aryl methyl sites for hydroxylation is 1. The van der Waals surface area contributed by atoms with Gasteiger partial charge in [0.2, 0.25) is 0 Å². The maximum Gasteiger partial charge on any atom is 0.335 e. The molecule has 1 aliphatic heterocycles. The van der Waals surface area contributed by atoms with E-state index in [1.54, 1.807) is 18.2 Å². The molecule has 1 N–H and O–H groups in total. The van der Waals surface area contributed by atoms with Gasteiger partial charge in [-0.2, -0.15) is 0 Å². The first-order valence-electron chi connectivity index (χ1n) is 6.69. The van der Waals surface area contributed by atoms with Crippen molar-refractivity contribution in [3.8, 4) is 0 Å². The molecule has 0 spiro atoms. The molecule has 0 saturated carbocycles. The predicted molar refractivity (Wildman–Crippen MR) is 72.3 cm³/mol. The van der Waals surface area contributed by atoms with Crippen molar-refractivity contribution >= 4 is 5.97 Å². The number of carbonyl (C=O) groups is 1. The summed E-state index contributed by atoms with van der Waals surface area (Å²) in [6.07, 6.45) is -2.63. The molecule has 22 heavy (non-hydrogen) atoms. The Morgan fingerprint density at radius 1 is 1.36 bits per heavy atom. The second kappa shape index (κ2) is 5.45. The zero-order valence-corrected chi connectivity index (χ0v) is 11.8. The molecule has 0 amide bonds. The van der Waals surface area contributed by atoms with Gasteiger partial charge in [-0.3, -0.25) is 4.90 Å². The minimum Gasteiger partial charge on any atom is -0.478 e. The minimum absolute atomic E-state index is 0.179. The van der Waals surface area contributed by atoms with Gasteiger partial charge in [0.25, 0.3) is 6.43 Å². The van der Waals surface area contributed by atoms with Crippen molar-refractivity contribution in [2.45, 2.75) is 26.1 Å². The first-order valence-corrected chi connectivity index (χ1v) is 6.69. The number of carboxylic acids is 1. The van der Waals surface area contributed by atoms with Crippen LogP contribution < -0.4 is 0 Å². The van der Waals surface area contributed by atoms with Crippen molar-refractivity contribution in [3.63, 3.8) is 0 Å². The van der Waals surface area contributed by atoms with Crippen molar-refractivity contribution in [1.82, 2.24) is 19.9 Å². The third kappa shape index (κ3) is 2.57. The number of benzene rings is 1. The van der Waals surface area contributed by atoms with Crippen LogP contribution in [0.1, 0.15) is 39.3 Å². The van der Waals surface area contributed by atoms with Gasteiger partial charge in [-0.25, -0.2) is 18.3 Å². The molecular formula is C14H14F2N4O2. The lowest BCUT2D eigenvalue weighted by Crippen LogP contribution is -2.17. The Bertz CT molecular complexity index is 730. The van der Waals surface area contributed by atoms with Crippen LogP contribution in [0.4, 0.5) is 8.78 Å². The van der Waals surface area contributed by atoms with Crippen LogP contribution in [0, 0.1) is 0 Å². The van der Waals surface area contributed by atoms with E-state index in [4.69, 9.17) is 5.11 Å². The van der Waals surface area contributed by atoms with E-state index < -0.39 is 12.4 Å². The maximum absolute atomic E-state index is 13.0. The Morgan fingerprint density at radius 2 is 2.09 bits per heavy atom. The molecule has 116 valence electrons. The van der Waals surface area contributed by atoms with E-state index >= 15 is 0 Å². The number of carboxylic acid groups (broad SMARTS) is 1. The van der Waals surface area contributed by atoms with E-state index in [1.165, 1.54) is 7.05 Å². The lowest BCUT2D eigenvalue weighted by atomic mass is 10.1. The molecule has 1 aliphatic rings. The van der Waals surface area contributed by atoms with Crippen LogP contribution in [0.3, 0.4) is 0 Å². The molecule has 8 heteroatoms. The second-order valence-corrected chi connectivity index (χ2v) is 5.28. The minimum atomic E-state index is -2.63. The zero-order valence-electron chi connectivity index (χ0n) is 11.8. The lowest BCUT2D eigenvalue weighted by molar-refractivity contribution is 0.0696. The summed E-state index contributed by atoms with van der Waals surface area (Å²) < 4.78 is 27.1. The number of aromatic nitrogens is 3. The summed E-state index contributed by atoms with van der Waals surface area (Å²) in [6.45, 7) is 1.34. The quantitative estimate of drug-likeness (QED) is 0.935. The normalized spacial score (nSPS) is 14.5. The fraction of sp³-hybridized carbons (Fsp3) is 0.357. The Kier molecular flexibility index (Phi) is 3.61. The van der Waals surface area contributed by atoms with Gasteiger partial charge in [0.1, 0.15) is 11.4 Å². The third-order valence-corrected chi connectivity index (χ3v) is 3.77. The van der Waals surface area contributed by atoms with Crippen LogP contribution in [0.15, 0.2) is 18.2 Å². The summed E-state index contributed by atoms with van der Waals surface area (Å²) in [4.78, 5) is 12.9. The molecule has 6 nitrogen and oxygen atoms in total. The molecule has 0 radical (unpaired) electrons. The van der Waals surface area contributed by atoms with Gasteiger partial charge in [-0.15, -0.1) is 5.10 Å². The molecule has 0 saturated heterocycles. The molecule has 2 aromatic rings. The topological polar surface area (TPSA) is 71.2 Å². The van der Waals surface area contributed by atoms with Crippen LogP contribution in [-0.4, -0.2) is 31.0 Å². The van der Waals surface area contributed by atoms with Crippen LogP contribution in [0.5, 0.6) is 0 Å². The van der Waals surface area contributed by atoms with Crippen molar-refractivity contribution in [2.24, 2.45) is 7.05 Å². The molecular weight excluding hydrogens is 294 g/mol. The van der Waals surface area contributed by atoms with Crippen LogP contribution in [0.2, 0.25) is 0 Å². The number of aromatic carboxylic acids is 1. The largest absolute Gasteiger partial charge is 0.478 e. The van der Waals surface area contributed by atoms with E-state index in [-0.39, 0.29) is 23.5 Å². The van der Waals surface area contributed by atoms with Crippen molar-refractivity contribution in [2.75, 3.05) is 0 Å². The van der Waals surface area contributed by atoms with Crippen molar-refractivity contribution in [3.05, 3.63) is 46.3 Å². The van der Waals surface area contributed by atoms with E-state index in [2.05, 4.69) is 10.3 Å². The number of halogens is 2. The maximum atomic E-state index is 13.0.